The third-order valence-electron chi connectivity index (χ3n) is 1.46. The molecule has 0 aromatic carbocycles. The van der Waals surface area contributed by atoms with Crippen molar-refractivity contribution in [2.75, 3.05) is 26.4 Å². The lowest BCUT2D eigenvalue weighted by molar-refractivity contribution is -0.392. The van der Waals surface area contributed by atoms with Gasteiger partial charge in [-0.2, -0.15) is 0 Å². The van der Waals surface area contributed by atoms with Gasteiger partial charge in [-0.3, -0.25) is 4.79 Å². The van der Waals surface area contributed by atoms with E-state index in [9.17, 15) is 4.79 Å². The van der Waals surface area contributed by atoms with Gasteiger partial charge in [-0.25, -0.2) is 5.32 Å². The molecular weight excluding hydrogens is 202 g/mol. The second-order valence-corrected chi connectivity index (χ2v) is 2.60. The zero-order valence-corrected chi connectivity index (χ0v) is 9.41. The second kappa shape index (κ2) is 7.58. The number of hydrogen-bond donors (Lipinski definition) is 2. The molecule has 0 bridgehead atoms. The zero-order chi connectivity index (χ0) is 11.7. The van der Waals surface area contributed by atoms with E-state index < -0.39 is 12.1 Å². The van der Waals surface area contributed by atoms with Crippen molar-refractivity contribution in [3.63, 3.8) is 0 Å². The van der Waals surface area contributed by atoms with Gasteiger partial charge in [0.2, 0.25) is 0 Å². The molecule has 0 aliphatic heterocycles. The van der Waals surface area contributed by atoms with E-state index in [0.717, 1.165) is 0 Å². The van der Waals surface area contributed by atoms with Crippen molar-refractivity contribution in [3.05, 3.63) is 0 Å². The quantitative estimate of drug-likeness (QED) is 0.548. The van der Waals surface area contributed by atoms with Crippen LogP contribution in [0.1, 0.15) is 20.8 Å². The van der Waals surface area contributed by atoms with E-state index in [0.29, 0.717) is 19.8 Å². The zero-order valence-electron chi connectivity index (χ0n) is 9.41. The lowest BCUT2D eigenvalue weighted by atomic mass is 10.6. The molecule has 0 heterocycles. The minimum Gasteiger partial charge on any atom is -0.480 e. The van der Waals surface area contributed by atoms with Crippen LogP contribution in [0, 0.1) is 0 Å². The molecule has 0 saturated carbocycles. The summed E-state index contributed by atoms with van der Waals surface area (Å²) in [6, 6.07) is 0. The Hall–Kier alpha value is -0.690. The number of carbonyl (C=O) groups is 1. The van der Waals surface area contributed by atoms with Crippen LogP contribution < -0.4 is 5.32 Å². The Bertz CT molecular complexity index is 168. The SMILES string of the molecule is CCOC(NCC(=O)O)(OCC)OCC. The minimum atomic E-state index is -1.45. The fourth-order valence-corrected chi connectivity index (χ4v) is 1.03. The van der Waals surface area contributed by atoms with Gasteiger partial charge in [-0.05, 0) is 20.8 Å². The van der Waals surface area contributed by atoms with Crippen molar-refractivity contribution in [2.24, 2.45) is 0 Å². The standard InChI is InChI=1S/C9H19NO5/c1-4-13-9(14-5-2,15-6-3)10-7-8(11)12/h10H,4-7H2,1-3H3,(H,11,12). The Labute approximate surface area is 89.5 Å². The van der Waals surface area contributed by atoms with Crippen molar-refractivity contribution < 1.29 is 24.1 Å². The van der Waals surface area contributed by atoms with E-state index in [2.05, 4.69) is 5.32 Å². The summed E-state index contributed by atoms with van der Waals surface area (Å²) >= 11 is 0. The molecule has 0 aromatic rings. The molecule has 0 spiro atoms. The smallest absolute Gasteiger partial charge is 0.351 e. The van der Waals surface area contributed by atoms with Gasteiger partial charge in [0, 0.05) is 0 Å². The van der Waals surface area contributed by atoms with Gasteiger partial charge < -0.3 is 19.3 Å². The first-order valence-corrected chi connectivity index (χ1v) is 4.98. The molecule has 0 aliphatic carbocycles. The van der Waals surface area contributed by atoms with Crippen LogP contribution in [0.4, 0.5) is 0 Å². The highest BCUT2D eigenvalue weighted by molar-refractivity contribution is 5.69. The average Bonchev–Trinajstić information content (AvgIpc) is 2.16. The first-order chi connectivity index (χ1) is 7.10. The summed E-state index contributed by atoms with van der Waals surface area (Å²) < 4.78 is 15.7. The van der Waals surface area contributed by atoms with E-state index >= 15 is 0 Å². The summed E-state index contributed by atoms with van der Waals surface area (Å²) in [5.74, 6) is -1.00. The van der Waals surface area contributed by atoms with Gasteiger partial charge in [0.25, 0.3) is 0 Å². The highest BCUT2D eigenvalue weighted by atomic mass is 16.9. The molecule has 6 heteroatoms. The Morgan fingerprint density at radius 3 is 1.80 bits per heavy atom. The van der Waals surface area contributed by atoms with E-state index in [1.807, 2.05) is 0 Å². The summed E-state index contributed by atoms with van der Waals surface area (Å²) in [7, 11) is 0. The highest BCUT2D eigenvalue weighted by Crippen LogP contribution is 2.11. The Kier molecular flexibility index (Phi) is 7.23. The van der Waals surface area contributed by atoms with Gasteiger partial charge in [0.15, 0.2) is 0 Å². The first kappa shape index (κ1) is 14.3. The molecule has 0 aromatic heterocycles. The summed E-state index contributed by atoms with van der Waals surface area (Å²) in [6.07, 6.45) is -1.45. The van der Waals surface area contributed by atoms with Gasteiger partial charge >= 0.3 is 12.1 Å². The normalized spacial score (nSPS) is 11.7. The van der Waals surface area contributed by atoms with Crippen molar-refractivity contribution in [2.45, 2.75) is 26.9 Å². The molecule has 0 saturated heterocycles. The fraction of sp³-hybridized carbons (Fsp3) is 0.889. The maximum atomic E-state index is 10.4. The number of carboxylic acids is 1. The lowest BCUT2D eigenvalue weighted by Crippen LogP contribution is -2.54. The summed E-state index contributed by atoms with van der Waals surface area (Å²) in [5, 5.41) is 11.1. The van der Waals surface area contributed by atoms with Crippen molar-refractivity contribution >= 4 is 5.97 Å². The molecule has 2 N–H and O–H groups in total. The molecule has 90 valence electrons. The second-order valence-electron chi connectivity index (χ2n) is 2.60. The Morgan fingerprint density at radius 2 is 1.53 bits per heavy atom. The molecule has 0 fully saturated rings. The maximum absolute atomic E-state index is 10.4. The largest absolute Gasteiger partial charge is 0.480 e. The van der Waals surface area contributed by atoms with Crippen LogP contribution in [0.2, 0.25) is 0 Å². The summed E-state index contributed by atoms with van der Waals surface area (Å²) in [5.41, 5.74) is 0. The molecule has 6 nitrogen and oxygen atoms in total. The van der Waals surface area contributed by atoms with Crippen LogP contribution in [0.5, 0.6) is 0 Å². The minimum absolute atomic E-state index is 0.292. The first-order valence-electron chi connectivity index (χ1n) is 4.98. The molecule has 0 unspecified atom stereocenters. The fourth-order valence-electron chi connectivity index (χ4n) is 1.03. The third-order valence-corrected chi connectivity index (χ3v) is 1.46. The van der Waals surface area contributed by atoms with Gasteiger partial charge in [-0.15, -0.1) is 0 Å². The highest BCUT2D eigenvalue weighted by Gasteiger charge is 2.32. The lowest BCUT2D eigenvalue weighted by Gasteiger charge is -2.31. The number of carboxylic acid groups (broad SMARTS) is 1. The monoisotopic (exact) mass is 221 g/mol. The van der Waals surface area contributed by atoms with Crippen LogP contribution in [0.25, 0.3) is 0 Å². The van der Waals surface area contributed by atoms with Crippen LogP contribution in [0.15, 0.2) is 0 Å². The van der Waals surface area contributed by atoms with Gasteiger partial charge in [0.05, 0.1) is 19.8 Å². The van der Waals surface area contributed by atoms with Crippen LogP contribution in [-0.2, 0) is 19.0 Å². The Morgan fingerprint density at radius 1 is 1.13 bits per heavy atom. The number of ether oxygens (including phenoxy) is 3. The molecule has 15 heavy (non-hydrogen) atoms. The number of aliphatic carboxylic acids is 1. The maximum Gasteiger partial charge on any atom is 0.351 e. The summed E-state index contributed by atoms with van der Waals surface area (Å²) in [4.78, 5) is 10.4. The predicted molar refractivity (Wildman–Crippen MR) is 53.2 cm³/mol. The number of rotatable bonds is 9. The van der Waals surface area contributed by atoms with E-state index in [1.54, 1.807) is 20.8 Å². The Balaban J connectivity index is 4.37. The number of nitrogens with one attached hydrogen (secondary N) is 1. The molecule has 0 radical (unpaired) electrons. The van der Waals surface area contributed by atoms with E-state index in [4.69, 9.17) is 19.3 Å². The molecular formula is C9H19NO5. The summed E-state index contributed by atoms with van der Waals surface area (Å²) in [6.45, 7) is 6.09. The number of hydrogen-bond acceptors (Lipinski definition) is 5. The van der Waals surface area contributed by atoms with E-state index in [-0.39, 0.29) is 6.54 Å². The van der Waals surface area contributed by atoms with Crippen LogP contribution in [-0.4, -0.2) is 43.5 Å². The van der Waals surface area contributed by atoms with Crippen molar-refractivity contribution in [3.8, 4) is 0 Å². The molecule has 0 atom stereocenters. The van der Waals surface area contributed by atoms with Crippen LogP contribution >= 0.6 is 0 Å². The van der Waals surface area contributed by atoms with E-state index in [1.165, 1.54) is 0 Å². The predicted octanol–water partition coefficient (Wildman–Crippen LogP) is 0.381. The average molecular weight is 221 g/mol. The third kappa shape index (κ3) is 5.68. The molecule has 0 aliphatic rings. The van der Waals surface area contributed by atoms with Gasteiger partial charge in [0.1, 0.15) is 6.54 Å². The molecule has 0 rings (SSSR count). The van der Waals surface area contributed by atoms with Crippen molar-refractivity contribution in [1.29, 1.82) is 0 Å². The molecule has 0 amide bonds. The van der Waals surface area contributed by atoms with Gasteiger partial charge in [-0.1, -0.05) is 0 Å². The topological polar surface area (TPSA) is 77.0 Å². The van der Waals surface area contributed by atoms with Crippen molar-refractivity contribution in [1.82, 2.24) is 5.32 Å². The van der Waals surface area contributed by atoms with Crippen LogP contribution in [0.3, 0.4) is 0 Å².